The summed E-state index contributed by atoms with van der Waals surface area (Å²) in [7, 11) is -1.46. The highest BCUT2D eigenvalue weighted by Gasteiger charge is 2.66. The van der Waals surface area contributed by atoms with Gasteiger partial charge in [-0.3, -0.25) is 24.0 Å². The van der Waals surface area contributed by atoms with E-state index in [2.05, 4.69) is 15.0 Å². The predicted molar refractivity (Wildman–Crippen MR) is 221 cm³/mol. The van der Waals surface area contributed by atoms with Crippen molar-refractivity contribution in [3.8, 4) is 17.5 Å². The second-order valence-electron chi connectivity index (χ2n) is 17.9. The third kappa shape index (κ3) is 9.11. The Hall–Kier alpha value is -4.85. The number of pyridine rings is 1. The maximum absolute atomic E-state index is 16.0. The van der Waals surface area contributed by atoms with E-state index < -0.39 is 98.8 Å². The predicted octanol–water partition coefficient (Wildman–Crippen LogP) is 5.33. The van der Waals surface area contributed by atoms with Crippen LogP contribution in [0.3, 0.4) is 0 Å². The summed E-state index contributed by atoms with van der Waals surface area (Å²) in [6.07, 6.45) is -3.30. The molecule has 2 unspecified atom stereocenters. The number of carbonyl (C=O) groups is 4. The van der Waals surface area contributed by atoms with E-state index in [1.807, 2.05) is 13.0 Å². The highest BCUT2D eigenvalue weighted by atomic mass is 32.2. The van der Waals surface area contributed by atoms with Crippen LogP contribution in [0.2, 0.25) is 0 Å². The monoisotopic (exact) mass is 907 g/mol. The van der Waals surface area contributed by atoms with Gasteiger partial charge in [0.1, 0.15) is 29.5 Å². The van der Waals surface area contributed by atoms with E-state index in [-0.39, 0.29) is 55.4 Å². The number of alkyl halides is 3. The fourth-order valence-electron chi connectivity index (χ4n) is 9.49. The van der Waals surface area contributed by atoms with Crippen LogP contribution in [-0.2, 0) is 29.1 Å². The first-order chi connectivity index (χ1) is 29.8. The fourth-order valence-corrected chi connectivity index (χ4v) is 10.8. The molecule has 2 aromatic rings. The van der Waals surface area contributed by atoms with Crippen LogP contribution >= 0.6 is 0 Å². The molecule has 0 radical (unpaired) electrons. The Balaban J connectivity index is 1.37. The Kier molecular flexibility index (Phi) is 12.9. The van der Waals surface area contributed by atoms with Gasteiger partial charge in [-0.05, 0) is 93.7 Å². The number of amides is 4. The summed E-state index contributed by atoms with van der Waals surface area (Å²) in [5.74, 6) is -5.04. The minimum Gasteiger partial charge on any atom is -0.497 e. The number of nitrogens with one attached hydrogen (secondary N) is 2. The number of sulfonamides is 1. The molecule has 346 valence electrons. The summed E-state index contributed by atoms with van der Waals surface area (Å²) < 4.78 is 98.1. The molecule has 1 aromatic carbocycles. The van der Waals surface area contributed by atoms with Gasteiger partial charge in [-0.1, -0.05) is 32.4 Å². The number of ether oxygens (including phenoxy) is 4. The van der Waals surface area contributed by atoms with E-state index in [4.69, 9.17) is 18.9 Å². The summed E-state index contributed by atoms with van der Waals surface area (Å²) >= 11 is 0. The topological polar surface area (TPSA) is 203 Å². The first-order valence-corrected chi connectivity index (χ1v) is 23.0. The van der Waals surface area contributed by atoms with E-state index in [1.54, 1.807) is 25.1 Å². The maximum Gasteiger partial charge on any atom is 0.412 e. The van der Waals surface area contributed by atoms with Crippen molar-refractivity contribution in [3.63, 3.8) is 0 Å². The highest BCUT2D eigenvalue weighted by Crippen LogP contribution is 2.49. The van der Waals surface area contributed by atoms with Crippen LogP contribution < -0.4 is 24.2 Å². The standard InChI is InChI=1S/C43H56F3N5O11S/c1-6-25-18-24(2)10-7-8-11-27-22-42(27,39(54)49-63(57,58)41(3)15-16-41)48-36(52)31-21-32(62-37-30-14-13-29(59-4)19-26(30)20-33(47-37)60-5)35(43(44,45)46)51(31)38(53)34(25)50(40(55)56)28-12-9-17-61-23-28/h8,11,13-14,19-20,24-25,27-28,31-32,34-35H,6-7,9-10,12,15-18,21-23H2,1-5H3,(H,48,52)(H,49,54)(H,55,56)/b11-8-/t24-,25+,27+,28?,31-,32+,34-,35?,42+/m0/s1. The van der Waals surface area contributed by atoms with Crippen molar-refractivity contribution in [2.45, 2.75) is 132 Å². The van der Waals surface area contributed by atoms with Gasteiger partial charge >= 0.3 is 12.3 Å². The molecule has 5 aliphatic rings. The Morgan fingerprint density at radius 2 is 1.87 bits per heavy atom. The van der Waals surface area contributed by atoms with Gasteiger partial charge in [-0.15, -0.1) is 0 Å². The van der Waals surface area contributed by atoms with Crippen molar-refractivity contribution in [3.05, 3.63) is 36.4 Å². The van der Waals surface area contributed by atoms with E-state index in [9.17, 15) is 27.9 Å². The molecular formula is C43H56F3N5O11S. The number of carbonyl (C=O) groups excluding carboxylic acids is 3. The second-order valence-corrected chi connectivity index (χ2v) is 20.1. The Morgan fingerprint density at radius 3 is 2.49 bits per heavy atom. The molecule has 7 rings (SSSR count). The zero-order valence-corrected chi connectivity index (χ0v) is 36.8. The third-order valence-corrected chi connectivity index (χ3v) is 15.7. The van der Waals surface area contributed by atoms with Crippen LogP contribution in [0.25, 0.3) is 10.8 Å². The molecule has 2 aliphatic carbocycles. The number of hydrogen-bond acceptors (Lipinski definition) is 11. The molecule has 4 amide bonds. The molecule has 0 spiro atoms. The Morgan fingerprint density at radius 1 is 1.13 bits per heavy atom. The number of fused-ring (bicyclic) bond motifs is 3. The summed E-state index contributed by atoms with van der Waals surface area (Å²) in [5.41, 5.74) is -1.89. The van der Waals surface area contributed by atoms with Gasteiger partial charge in [-0.2, -0.15) is 18.2 Å². The van der Waals surface area contributed by atoms with E-state index in [1.165, 1.54) is 33.3 Å². The van der Waals surface area contributed by atoms with Gasteiger partial charge in [0.25, 0.3) is 5.91 Å². The number of methoxy groups -OCH3 is 2. The summed E-state index contributed by atoms with van der Waals surface area (Å²) in [6, 6.07) is -1.18. The van der Waals surface area contributed by atoms with Gasteiger partial charge in [0.15, 0.2) is 6.04 Å². The zero-order valence-electron chi connectivity index (χ0n) is 36.0. The number of halogens is 3. The molecule has 16 nitrogen and oxygen atoms in total. The molecule has 9 atom stereocenters. The van der Waals surface area contributed by atoms with Crippen molar-refractivity contribution in [2.75, 3.05) is 27.4 Å². The van der Waals surface area contributed by atoms with Crippen LogP contribution in [0.5, 0.6) is 17.5 Å². The molecule has 3 N–H and O–H groups in total. The summed E-state index contributed by atoms with van der Waals surface area (Å²) in [6.45, 7) is 5.38. The van der Waals surface area contributed by atoms with Crippen LogP contribution in [0.1, 0.15) is 85.0 Å². The van der Waals surface area contributed by atoms with E-state index >= 15 is 18.0 Å². The van der Waals surface area contributed by atoms with E-state index in [0.29, 0.717) is 54.7 Å². The van der Waals surface area contributed by atoms with Crippen LogP contribution in [0.15, 0.2) is 36.4 Å². The van der Waals surface area contributed by atoms with Gasteiger partial charge in [0, 0.05) is 30.4 Å². The van der Waals surface area contributed by atoms with Crippen LogP contribution in [-0.4, -0.2) is 126 Å². The lowest BCUT2D eigenvalue weighted by molar-refractivity contribution is -0.200. The summed E-state index contributed by atoms with van der Waals surface area (Å²) in [4.78, 5) is 63.5. The van der Waals surface area contributed by atoms with Gasteiger partial charge in [0.05, 0.1) is 31.6 Å². The number of allylic oxidation sites excluding steroid dienone is 1. The highest BCUT2D eigenvalue weighted by molar-refractivity contribution is 7.91. The average Bonchev–Trinajstić information content (AvgIpc) is 4.13. The first kappa shape index (κ1) is 46.2. The molecule has 0 bridgehead atoms. The number of carboxylic acid groups (broad SMARTS) is 1. The lowest BCUT2D eigenvalue weighted by Crippen LogP contribution is -2.65. The van der Waals surface area contributed by atoms with Gasteiger partial charge < -0.3 is 34.3 Å². The Bertz CT molecular complexity index is 2230. The lowest BCUT2D eigenvalue weighted by atomic mass is 9.83. The minimum atomic E-state index is -5.27. The quantitative estimate of drug-likeness (QED) is 0.259. The van der Waals surface area contributed by atoms with Crippen LogP contribution in [0, 0.1) is 17.8 Å². The third-order valence-electron chi connectivity index (χ3n) is 13.6. The van der Waals surface area contributed by atoms with E-state index in [0.717, 1.165) is 4.90 Å². The first-order valence-electron chi connectivity index (χ1n) is 21.5. The largest absolute Gasteiger partial charge is 0.497 e. The minimum absolute atomic E-state index is 0.0152. The molecular weight excluding hydrogens is 852 g/mol. The van der Waals surface area contributed by atoms with Crippen molar-refractivity contribution < 1.29 is 64.8 Å². The van der Waals surface area contributed by atoms with Gasteiger partial charge in [-0.25, -0.2) is 13.2 Å². The summed E-state index contributed by atoms with van der Waals surface area (Å²) in [5, 5.41) is 14.2. The molecule has 63 heavy (non-hydrogen) atoms. The number of hydrogen-bond donors (Lipinski definition) is 3. The Labute approximate surface area is 364 Å². The molecule has 1 aromatic heterocycles. The SMILES string of the molecule is CC[C@@H]1C[C@@H](C)CC/C=C\[C@@H]2C[C@@]2(C(=O)NS(=O)(=O)C2(C)CC2)NC(=O)[C@@H]2C[C@@H](Oc3nc(OC)cc4cc(OC)ccc34)C(C(F)(F)F)N2C(=O)[C@H]1N(C(=O)O)C1CCCOC1. The second kappa shape index (κ2) is 17.6. The van der Waals surface area contributed by atoms with Crippen molar-refractivity contribution in [2.24, 2.45) is 17.8 Å². The van der Waals surface area contributed by atoms with Gasteiger partial charge in [0.2, 0.25) is 33.6 Å². The van der Waals surface area contributed by atoms with Crippen molar-refractivity contribution >= 4 is 44.6 Å². The zero-order chi connectivity index (χ0) is 45.6. The molecule has 2 saturated carbocycles. The van der Waals surface area contributed by atoms with Crippen molar-refractivity contribution in [1.82, 2.24) is 24.8 Å². The normalized spacial score (nSPS) is 31.6. The maximum atomic E-state index is 16.0. The molecule has 2 saturated heterocycles. The number of rotatable bonds is 10. The molecule has 4 heterocycles. The fraction of sp³-hybridized carbons (Fsp3) is 0.651. The number of aromatic nitrogens is 1. The average molecular weight is 908 g/mol. The van der Waals surface area contributed by atoms with Crippen LogP contribution in [0.4, 0.5) is 18.0 Å². The number of nitrogens with zero attached hydrogens (tertiary/aromatic N) is 3. The molecule has 20 heteroatoms. The molecule has 4 fully saturated rings. The lowest BCUT2D eigenvalue weighted by Gasteiger charge is -2.44. The molecule has 3 aliphatic heterocycles. The number of benzene rings is 1. The van der Waals surface area contributed by atoms with Crippen molar-refractivity contribution in [1.29, 1.82) is 0 Å². The smallest absolute Gasteiger partial charge is 0.412 e.